The molecule has 0 N–H and O–H groups in total. The first-order chi connectivity index (χ1) is 29.6. The fourth-order valence-electron chi connectivity index (χ4n) is 8.16. The third-order valence-electron chi connectivity index (χ3n) is 11.6. The van der Waals surface area contributed by atoms with Crippen LogP contribution in [0.1, 0.15) is 77.3 Å². The number of hydrogen-bond donors (Lipinski definition) is 0. The Hall–Kier alpha value is -5.09. The van der Waals surface area contributed by atoms with Crippen LogP contribution in [0.5, 0.6) is 5.75 Å². The Balaban J connectivity index is 0.000000227. The Kier molecular flexibility index (Phi) is 19.9. The van der Waals surface area contributed by atoms with E-state index in [1.54, 1.807) is 7.11 Å². The topological polar surface area (TPSA) is 74.2 Å². The molecule has 2 aromatic heterocycles. The summed E-state index contributed by atoms with van der Waals surface area (Å²) in [6, 6.07) is 40.9. The van der Waals surface area contributed by atoms with E-state index >= 15 is 0 Å². The van der Waals surface area contributed by atoms with Crippen molar-refractivity contribution in [2.45, 2.75) is 79.2 Å². The fourth-order valence-corrected chi connectivity index (χ4v) is 8.38. The molecule has 8 rings (SSSR count). The molecule has 6 aromatic rings. The average molecular weight is 862 g/mol. The molecule has 4 heterocycles. The molecule has 9 nitrogen and oxygen atoms in total. The summed E-state index contributed by atoms with van der Waals surface area (Å²) < 4.78 is 16.8. The summed E-state index contributed by atoms with van der Waals surface area (Å²) in [4.78, 5) is 9.80. The number of benzene rings is 4. The first kappa shape index (κ1) is 48.0. The molecule has 0 radical (unpaired) electrons. The van der Waals surface area contributed by atoms with Crippen LogP contribution in [0.25, 0.3) is 22.5 Å². The van der Waals surface area contributed by atoms with Crippen molar-refractivity contribution in [3.63, 3.8) is 0 Å². The molecule has 2 aliphatic rings. The van der Waals surface area contributed by atoms with Gasteiger partial charge in [-0.1, -0.05) is 135 Å². The fraction of sp³-hybridized carbons (Fsp3) is 0.423. The molecule has 0 bridgehead atoms. The maximum Gasteiger partial charge on any atom is 0.228 e. The predicted octanol–water partition coefficient (Wildman–Crippen LogP) is 12.4. The van der Waals surface area contributed by atoms with Crippen molar-refractivity contribution < 1.29 is 13.8 Å². The van der Waals surface area contributed by atoms with Crippen molar-refractivity contribution in [1.82, 2.24) is 20.1 Å². The van der Waals surface area contributed by atoms with Crippen LogP contribution in [-0.2, 0) is 13.0 Å². The normalized spacial score (nSPS) is 14.2. The zero-order valence-corrected chi connectivity index (χ0v) is 36.0. The van der Waals surface area contributed by atoms with Gasteiger partial charge in [0, 0.05) is 54.5 Å². The largest absolute Gasteiger partial charge is 0.497 e. The SMILES string of the molecule is C.C.COc1ccc(CN(CCCN2CCCCC2)c2cc(-c3ccccc3)no2)cc1.Clc1cccc(CCN(CCCN2CCCCC2)c2cc(-c3ccccc3)no2)c1. The number of hydrogen-bond acceptors (Lipinski definition) is 9. The molecule has 10 heteroatoms. The van der Waals surface area contributed by atoms with Gasteiger partial charge in [0.05, 0.1) is 7.11 Å². The number of rotatable bonds is 18. The summed E-state index contributed by atoms with van der Waals surface area (Å²) in [5, 5.41) is 9.44. The maximum absolute atomic E-state index is 6.17. The van der Waals surface area contributed by atoms with Crippen molar-refractivity contribution in [1.29, 1.82) is 0 Å². The molecule has 4 aromatic carbocycles. The first-order valence-corrected chi connectivity index (χ1v) is 22.3. The van der Waals surface area contributed by atoms with Crippen molar-refractivity contribution >= 4 is 23.4 Å². The summed E-state index contributed by atoms with van der Waals surface area (Å²) in [6.07, 6.45) is 11.2. The second-order valence-corrected chi connectivity index (χ2v) is 16.4. The third-order valence-corrected chi connectivity index (χ3v) is 11.8. The highest BCUT2D eigenvalue weighted by atomic mass is 35.5. The summed E-state index contributed by atoms with van der Waals surface area (Å²) >= 11 is 6.17. The lowest BCUT2D eigenvalue weighted by molar-refractivity contribution is 0.226. The van der Waals surface area contributed by atoms with Crippen LogP contribution in [0.15, 0.2) is 130 Å². The maximum atomic E-state index is 6.17. The molecule has 2 aliphatic heterocycles. The quantitative estimate of drug-likeness (QED) is 0.0840. The van der Waals surface area contributed by atoms with E-state index in [-0.39, 0.29) is 14.9 Å². The number of piperidine rings is 2. The van der Waals surface area contributed by atoms with Gasteiger partial charge in [0.15, 0.2) is 0 Å². The number of likely N-dealkylation sites (tertiary alicyclic amines) is 2. The van der Waals surface area contributed by atoms with E-state index in [9.17, 15) is 0 Å². The Morgan fingerprint density at radius 3 is 1.60 bits per heavy atom. The second kappa shape index (κ2) is 25.8. The van der Waals surface area contributed by atoms with Crippen molar-refractivity contribution in [3.8, 4) is 28.3 Å². The zero-order chi connectivity index (χ0) is 41.2. The smallest absolute Gasteiger partial charge is 0.228 e. The molecule has 0 saturated carbocycles. The Morgan fingerprint density at radius 1 is 0.565 bits per heavy atom. The minimum absolute atomic E-state index is 0. The number of nitrogens with zero attached hydrogens (tertiary/aromatic N) is 6. The van der Waals surface area contributed by atoms with Gasteiger partial charge in [0.1, 0.15) is 17.1 Å². The van der Waals surface area contributed by atoms with Gasteiger partial charge >= 0.3 is 0 Å². The third kappa shape index (κ3) is 14.8. The van der Waals surface area contributed by atoms with Gasteiger partial charge in [-0.25, -0.2) is 0 Å². The van der Waals surface area contributed by atoms with E-state index in [1.165, 1.54) is 75.8 Å². The van der Waals surface area contributed by atoms with Gasteiger partial charge in [-0.05, 0) is 120 Å². The number of aromatic nitrogens is 2. The highest BCUT2D eigenvalue weighted by Crippen LogP contribution is 2.27. The van der Waals surface area contributed by atoms with E-state index in [4.69, 9.17) is 25.4 Å². The summed E-state index contributed by atoms with van der Waals surface area (Å²) in [5.41, 5.74) is 6.38. The molecule has 62 heavy (non-hydrogen) atoms. The molecule has 0 unspecified atom stereocenters. The Morgan fingerprint density at radius 2 is 1.08 bits per heavy atom. The lowest BCUT2D eigenvalue weighted by atomic mass is 10.1. The molecular weight excluding hydrogens is 792 g/mol. The molecular formula is C52H69ClN6O3. The van der Waals surface area contributed by atoms with Gasteiger partial charge in [0.25, 0.3) is 0 Å². The Bertz CT molecular complexity index is 2100. The minimum Gasteiger partial charge on any atom is -0.497 e. The average Bonchev–Trinajstić information content (AvgIpc) is 4.01. The molecule has 0 atom stereocenters. The molecule has 332 valence electrons. The molecule has 0 amide bonds. The van der Waals surface area contributed by atoms with Gasteiger partial charge in [0.2, 0.25) is 11.8 Å². The first-order valence-electron chi connectivity index (χ1n) is 22.0. The van der Waals surface area contributed by atoms with Gasteiger partial charge in [-0.15, -0.1) is 0 Å². The predicted molar refractivity (Wildman–Crippen MR) is 259 cm³/mol. The van der Waals surface area contributed by atoms with Crippen molar-refractivity contribution in [2.75, 3.05) is 75.8 Å². The minimum atomic E-state index is 0. The molecule has 0 aliphatic carbocycles. The lowest BCUT2D eigenvalue weighted by Crippen LogP contribution is -2.34. The van der Waals surface area contributed by atoms with Crippen LogP contribution in [0.4, 0.5) is 11.8 Å². The van der Waals surface area contributed by atoms with Gasteiger partial charge in [-0.3, -0.25) is 0 Å². The van der Waals surface area contributed by atoms with E-state index in [0.29, 0.717) is 0 Å². The van der Waals surface area contributed by atoms with E-state index in [0.717, 1.165) is 104 Å². The van der Waals surface area contributed by atoms with Crippen LogP contribution in [0.3, 0.4) is 0 Å². The van der Waals surface area contributed by atoms with Crippen LogP contribution in [0.2, 0.25) is 5.02 Å². The van der Waals surface area contributed by atoms with Crippen LogP contribution in [-0.4, -0.2) is 86.1 Å². The monoisotopic (exact) mass is 861 g/mol. The zero-order valence-electron chi connectivity index (χ0n) is 35.3. The van der Waals surface area contributed by atoms with Crippen molar-refractivity contribution in [2.24, 2.45) is 0 Å². The number of ether oxygens (including phenoxy) is 1. The summed E-state index contributed by atoms with van der Waals surface area (Å²) in [6.45, 7) is 10.8. The van der Waals surface area contributed by atoms with E-state index in [2.05, 4.69) is 84.5 Å². The summed E-state index contributed by atoms with van der Waals surface area (Å²) in [7, 11) is 1.70. The molecule has 0 spiro atoms. The van der Waals surface area contributed by atoms with Crippen molar-refractivity contribution in [3.05, 3.63) is 137 Å². The number of anilines is 2. The second-order valence-electron chi connectivity index (χ2n) is 16.0. The number of halogens is 1. The molecule has 2 fully saturated rings. The van der Waals surface area contributed by atoms with Crippen LogP contribution >= 0.6 is 11.6 Å². The summed E-state index contributed by atoms with van der Waals surface area (Å²) in [5.74, 6) is 2.54. The standard InChI is InChI=1S/C25H30ClN3O.C25H31N3O2.2CH4/c26-23-12-7-9-21(19-23)13-18-29(17-8-16-28-14-5-2-6-15-28)25-20-24(27-30-25)22-10-3-1-4-11-22;1-29-23-13-11-21(12-14-23)20-28(18-8-17-27-15-6-3-7-16-27)25-19-24(26-30-25)22-9-4-2-5-10-22;;/h1,3-4,7,9-12,19-20H,2,5-6,8,13-18H2;2,4-5,9-14,19H,3,6-8,15-18,20H2,1H3;2*1H4. The van der Waals surface area contributed by atoms with Crippen LogP contribution in [0, 0.1) is 0 Å². The number of methoxy groups -OCH3 is 1. The highest BCUT2D eigenvalue weighted by Gasteiger charge is 2.18. The Labute approximate surface area is 376 Å². The van der Waals surface area contributed by atoms with Crippen LogP contribution < -0.4 is 14.5 Å². The molecule has 2 saturated heterocycles. The highest BCUT2D eigenvalue weighted by molar-refractivity contribution is 6.30. The van der Waals surface area contributed by atoms with E-state index < -0.39 is 0 Å². The lowest BCUT2D eigenvalue weighted by Gasteiger charge is -2.28. The van der Waals surface area contributed by atoms with E-state index in [1.807, 2.05) is 66.7 Å². The van der Waals surface area contributed by atoms with Gasteiger partial charge < -0.3 is 33.4 Å². The van der Waals surface area contributed by atoms with Gasteiger partial charge in [-0.2, -0.15) is 0 Å².